The van der Waals surface area contributed by atoms with E-state index in [2.05, 4.69) is 13.8 Å². The first kappa shape index (κ1) is 25.9. The molecular weight excluding hydrogens is 432 g/mol. The van der Waals surface area contributed by atoms with Gasteiger partial charge in [0, 0.05) is 0 Å². The molecule has 1 aliphatic rings. The van der Waals surface area contributed by atoms with E-state index in [1.54, 1.807) is 24.3 Å². The highest BCUT2D eigenvalue weighted by atomic mass is 17.2. The van der Waals surface area contributed by atoms with Crippen molar-refractivity contribution in [2.24, 2.45) is 0 Å². The molecule has 182 valence electrons. The fourth-order valence-corrected chi connectivity index (χ4v) is 3.66. The van der Waals surface area contributed by atoms with Crippen LogP contribution in [0.4, 0.5) is 0 Å². The summed E-state index contributed by atoms with van der Waals surface area (Å²) >= 11 is 0. The van der Waals surface area contributed by atoms with Crippen molar-refractivity contribution in [3.63, 3.8) is 0 Å². The third-order valence-electron chi connectivity index (χ3n) is 5.79. The Hall–Kier alpha value is -2.70. The smallest absolute Gasteiger partial charge is 0.292 e. The van der Waals surface area contributed by atoms with Gasteiger partial charge < -0.3 is 0 Å². The van der Waals surface area contributed by atoms with Gasteiger partial charge in [0.15, 0.2) is 6.10 Å². The second-order valence-corrected chi connectivity index (χ2v) is 8.54. The zero-order valence-corrected chi connectivity index (χ0v) is 20.1. The molecule has 0 amide bonds. The van der Waals surface area contributed by atoms with Crippen molar-refractivity contribution in [1.82, 2.24) is 0 Å². The van der Waals surface area contributed by atoms with Crippen molar-refractivity contribution in [2.75, 3.05) is 0 Å². The van der Waals surface area contributed by atoms with Crippen LogP contribution in [0.15, 0.2) is 48.5 Å². The number of hydrogen-bond acceptors (Lipinski definition) is 6. The Morgan fingerprint density at radius 2 is 1.32 bits per heavy atom. The maximum atomic E-state index is 12.4. The molecule has 2 radical (unpaired) electrons. The van der Waals surface area contributed by atoms with Crippen LogP contribution in [0, 0.1) is 12.5 Å². The van der Waals surface area contributed by atoms with Crippen LogP contribution in [0.25, 0.3) is 0 Å². The Balaban J connectivity index is 1.47. The predicted octanol–water partition coefficient (Wildman–Crippen LogP) is 6.54. The van der Waals surface area contributed by atoms with E-state index in [4.69, 9.17) is 19.6 Å². The number of carbonyl (C=O) groups excluding carboxylic acids is 2. The van der Waals surface area contributed by atoms with Crippen molar-refractivity contribution in [2.45, 2.75) is 77.7 Å². The molecule has 34 heavy (non-hydrogen) atoms. The molecule has 2 aromatic rings. The molecule has 1 aliphatic carbocycles. The predicted molar refractivity (Wildman–Crippen MR) is 128 cm³/mol. The van der Waals surface area contributed by atoms with Crippen molar-refractivity contribution in [1.29, 1.82) is 0 Å². The summed E-state index contributed by atoms with van der Waals surface area (Å²) in [5.74, 6) is -1.17. The van der Waals surface area contributed by atoms with Crippen LogP contribution >= 0.6 is 0 Å². The maximum Gasteiger partial charge on any atom is 0.373 e. The van der Waals surface area contributed by atoms with E-state index in [-0.39, 0.29) is 0 Å². The van der Waals surface area contributed by atoms with Gasteiger partial charge in [0.25, 0.3) is 0 Å². The van der Waals surface area contributed by atoms with Crippen molar-refractivity contribution < 1.29 is 29.1 Å². The van der Waals surface area contributed by atoms with Gasteiger partial charge >= 0.3 is 11.9 Å². The van der Waals surface area contributed by atoms with Gasteiger partial charge in [-0.1, -0.05) is 51.0 Å². The number of hydrogen-bond donors (Lipinski definition) is 0. The molecule has 2 aromatic carbocycles. The Kier molecular flexibility index (Phi) is 10.6. The molecule has 0 aliphatic heterocycles. The summed E-state index contributed by atoms with van der Waals surface area (Å²) in [4.78, 5) is 45.5. The molecule has 0 saturated heterocycles. The molecule has 1 saturated carbocycles. The summed E-state index contributed by atoms with van der Waals surface area (Å²) in [6.07, 6.45) is 10.1. The lowest BCUT2D eigenvalue weighted by Crippen LogP contribution is -2.30. The zero-order chi connectivity index (χ0) is 24.2. The quantitative estimate of drug-likeness (QED) is 0.261. The van der Waals surface area contributed by atoms with Crippen LogP contribution in [-0.2, 0) is 32.4 Å². The SMILES string of the molecule is CCCCc1ccc(C(=O)OO[C]2CCC[CH]C2OOC(=O)c2ccc(CCCC)cc2)cc1. The normalized spacial score (nSPS) is 16.2. The lowest BCUT2D eigenvalue weighted by Gasteiger charge is -2.26. The summed E-state index contributed by atoms with van der Waals surface area (Å²) in [5.41, 5.74) is 3.18. The van der Waals surface area contributed by atoms with Gasteiger partial charge in [0.05, 0.1) is 11.1 Å². The average Bonchev–Trinajstić information content (AvgIpc) is 2.89. The van der Waals surface area contributed by atoms with Crippen molar-refractivity contribution >= 4 is 11.9 Å². The van der Waals surface area contributed by atoms with Gasteiger partial charge in [-0.25, -0.2) is 9.59 Å². The molecule has 1 atom stereocenters. The highest BCUT2D eigenvalue weighted by molar-refractivity contribution is 5.89. The molecule has 0 bridgehead atoms. The van der Waals surface area contributed by atoms with Gasteiger partial charge in [-0.3, -0.25) is 9.78 Å². The first-order valence-electron chi connectivity index (χ1n) is 12.2. The highest BCUT2D eigenvalue weighted by Crippen LogP contribution is 2.30. The van der Waals surface area contributed by atoms with Gasteiger partial charge in [0.2, 0.25) is 0 Å². The number of aryl methyl sites for hydroxylation is 2. The molecule has 1 unspecified atom stereocenters. The molecule has 1 fully saturated rings. The Bertz CT molecular complexity index is 815. The van der Waals surface area contributed by atoms with Gasteiger partial charge in [0.1, 0.15) is 6.10 Å². The van der Waals surface area contributed by atoms with E-state index in [0.29, 0.717) is 23.7 Å². The van der Waals surface area contributed by atoms with E-state index in [1.807, 2.05) is 30.7 Å². The second kappa shape index (κ2) is 13.9. The first-order valence-corrected chi connectivity index (χ1v) is 12.2. The lowest BCUT2D eigenvalue weighted by atomic mass is 9.95. The molecule has 0 N–H and O–H groups in total. The molecule has 6 heteroatoms. The highest BCUT2D eigenvalue weighted by Gasteiger charge is 2.33. The third-order valence-corrected chi connectivity index (χ3v) is 5.79. The third kappa shape index (κ3) is 7.96. The van der Waals surface area contributed by atoms with E-state index in [9.17, 15) is 9.59 Å². The van der Waals surface area contributed by atoms with Crippen molar-refractivity contribution in [3.05, 3.63) is 83.3 Å². The van der Waals surface area contributed by atoms with Crippen molar-refractivity contribution in [3.8, 4) is 0 Å². The molecule has 0 heterocycles. The van der Waals surface area contributed by atoms with Crippen LogP contribution in [0.3, 0.4) is 0 Å². The van der Waals surface area contributed by atoms with E-state index >= 15 is 0 Å². The summed E-state index contributed by atoms with van der Waals surface area (Å²) in [6, 6.07) is 14.6. The van der Waals surface area contributed by atoms with E-state index in [0.717, 1.165) is 51.4 Å². The van der Waals surface area contributed by atoms with Crippen LogP contribution in [0.2, 0.25) is 0 Å². The molecule has 6 nitrogen and oxygen atoms in total. The average molecular weight is 467 g/mol. The number of unbranched alkanes of at least 4 members (excludes halogenated alkanes) is 2. The molecule has 3 rings (SSSR count). The lowest BCUT2D eigenvalue weighted by molar-refractivity contribution is -0.311. The fraction of sp³-hybridized carbons (Fsp3) is 0.429. The number of carbonyl (C=O) groups is 2. The largest absolute Gasteiger partial charge is 0.373 e. The van der Waals surface area contributed by atoms with Crippen LogP contribution in [0.5, 0.6) is 0 Å². The second-order valence-electron chi connectivity index (χ2n) is 8.54. The van der Waals surface area contributed by atoms with E-state index < -0.39 is 18.0 Å². The minimum atomic E-state index is -0.703. The minimum absolute atomic E-state index is 0.391. The Morgan fingerprint density at radius 1 is 0.794 bits per heavy atom. The van der Waals surface area contributed by atoms with Crippen LogP contribution in [0.1, 0.15) is 90.6 Å². The van der Waals surface area contributed by atoms with Gasteiger partial charge in [-0.05, 0) is 86.8 Å². The molecule has 0 spiro atoms. The van der Waals surface area contributed by atoms with Crippen LogP contribution in [-0.4, -0.2) is 18.0 Å². The molecular formula is C28H34O6. The standard InChI is InChI=1S/C28H34O6/c1-3-5-9-21-13-17-23(18-14-21)27(29)33-31-25-11-7-8-12-26(25)32-34-28(30)24-19-15-22(16-20-24)10-6-4-2/h11,13-20,25H,3-10,12H2,1-2H3. The van der Waals surface area contributed by atoms with Crippen LogP contribution < -0.4 is 0 Å². The maximum absolute atomic E-state index is 12.4. The number of rotatable bonds is 12. The summed E-state index contributed by atoms with van der Waals surface area (Å²) in [6.45, 7) is 4.29. The van der Waals surface area contributed by atoms with Gasteiger partial charge in [-0.15, -0.1) is 0 Å². The summed E-state index contributed by atoms with van der Waals surface area (Å²) in [5, 5.41) is 0. The van der Waals surface area contributed by atoms with Gasteiger partial charge in [-0.2, -0.15) is 9.78 Å². The fourth-order valence-electron chi connectivity index (χ4n) is 3.66. The van der Waals surface area contributed by atoms with E-state index in [1.165, 1.54) is 11.1 Å². The zero-order valence-electron chi connectivity index (χ0n) is 20.1. The topological polar surface area (TPSA) is 71.1 Å². The Morgan fingerprint density at radius 3 is 1.85 bits per heavy atom. The minimum Gasteiger partial charge on any atom is -0.292 e. The summed E-state index contributed by atoms with van der Waals surface area (Å²) < 4.78 is 0. The monoisotopic (exact) mass is 466 g/mol. The Labute approximate surface area is 202 Å². The summed E-state index contributed by atoms with van der Waals surface area (Å²) in [7, 11) is 0. The molecule has 0 aromatic heterocycles. The first-order chi connectivity index (χ1) is 16.6. The number of benzene rings is 2.